The summed E-state index contributed by atoms with van der Waals surface area (Å²) in [6, 6.07) is 8.21. The molecule has 0 saturated heterocycles. The van der Waals surface area contributed by atoms with Gasteiger partial charge in [0.2, 0.25) is 0 Å². The van der Waals surface area contributed by atoms with E-state index in [0.29, 0.717) is 6.54 Å². The van der Waals surface area contributed by atoms with E-state index in [2.05, 4.69) is 22.6 Å². The molecule has 0 fully saturated rings. The summed E-state index contributed by atoms with van der Waals surface area (Å²) >= 11 is 0. The molecule has 1 aliphatic rings. The van der Waals surface area contributed by atoms with Crippen LogP contribution in [0, 0.1) is 0 Å². The maximum Gasteiger partial charge on any atom is 0.150 e. The van der Waals surface area contributed by atoms with Crippen molar-refractivity contribution in [1.29, 1.82) is 0 Å². The Morgan fingerprint density at radius 2 is 2.24 bits per heavy atom. The van der Waals surface area contributed by atoms with Gasteiger partial charge in [-0.05, 0) is 17.2 Å². The third kappa shape index (κ3) is 2.31. The molecule has 2 aromatic rings. The average molecular weight is 230 g/mol. The number of fused-ring (bicyclic) bond motifs is 1. The maximum atomic E-state index is 5.47. The lowest BCUT2D eigenvalue weighted by atomic mass is 10.1. The molecule has 0 amide bonds. The van der Waals surface area contributed by atoms with E-state index < -0.39 is 0 Å². The number of aromatic nitrogens is 1. The van der Waals surface area contributed by atoms with Crippen molar-refractivity contribution in [2.45, 2.75) is 19.5 Å². The van der Waals surface area contributed by atoms with E-state index in [1.54, 1.807) is 6.20 Å². The summed E-state index contributed by atoms with van der Waals surface area (Å²) in [5, 5.41) is 6.98. The van der Waals surface area contributed by atoms with Crippen molar-refractivity contribution in [2.75, 3.05) is 6.61 Å². The lowest BCUT2D eigenvalue weighted by molar-refractivity contribution is 0.356. The molecule has 0 aliphatic carbocycles. The van der Waals surface area contributed by atoms with Crippen LogP contribution in [0.5, 0.6) is 5.75 Å². The molecule has 1 aliphatic heterocycles. The Morgan fingerprint density at radius 1 is 1.24 bits per heavy atom. The molecule has 1 aromatic carbocycles. The number of nitrogens with one attached hydrogen (secondary N) is 1. The van der Waals surface area contributed by atoms with Gasteiger partial charge in [-0.2, -0.15) is 0 Å². The number of benzene rings is 1. The van der Waals surface area contributed by atoms with Crippen LogP contribution >= 0.6 is 0 Å². The van der Waals surface area contributed by atoms with Gasteiger partial charge in [0.15, 0.2) is 0 Å². The first-order valence-corrected chi connectivity index (χ1v) is 5.77. The Bertz CT molecular complexity index is 494. The molecule has 1 N–H and O–H groups in total. The summed E-state index contributed by atoms with van der Waals surface area (Å²) in [7, 11) is 0. The van der Waals surface area contributed by atoms with Crippen molar-refractivity contribution >= 4 is 0 Å². The molecule has 88 valence electrons. The standard InChI is InChI=1S/C13H14N2O2/c1-2-13-11(4-6-16-13)7-10(1)8-14-9-12-3-5-15-17-12/h1-3,5,7,14H,4,6,8-9H2. The minimum Gasteiger partial charge on any atom is -0.493 e. The average Bonchev–Trinajstić information content (AvgIpc) is 2.98. The van der Waals surface area contributed by atoms with Crippen molar-refractivity contribution in [1.82, 2.24) is 10.5 Å². The van der Waals surface area contributed by atoms with E-state index in [1.165, 1.54) is 11.1 Å². The minimum absolute atomic E-state index is 0.702. The predicted octanol–water partition coefficient (Wildman–Crippen LogP) is 1.90. The van der Waals surface area contributed by atoms with Crippen LogP contribution in [0.2, 0.25) is 0 Å². The van der Waals surface area contributed by atoms with Crippen LogP contribution in [0.25, 0.3) is 0 Å². The Balaban J connectivity index is 1.58. The summed E-state index contributed by atoms with van der Waals surface area (Å²) in [6.45, 7) is 2.34. The number of nitrogens with zero attached hydrogens (tertiary/aromatic N) is 1. The van der Waals surface area contributed by atoms with Crippen LogP contribution in [0.15, 0.2) is 35.0 Å². The Hall–Kier alpha value is -1.81. The quantitative estimate of drug-likeness (QED) is 0.871. The van der Waals surface area contributed by atoms with Gasteiger partial charge >= 0.3 is 0 Å². The van der Waals surface area contributed by atoms with E-state index in [9.17, 15) is 0 Å². The molecule has 0 saturated carbocycles. The Morgan fingerprint density at radius 3 is 3.12 bits per heavy atom. The third-order valence-corrected chi connectivity index (χ3v) is 2.87. The van der Waals surface area contributed by atoms with Crippen molar-refractivity contribution in [3.05, 3.63) is 47.3 Å². The summed E-state index contributed by atoms with van der Waals surface area (Å²) in [5.74, 6) is 1.89. The monoisotopic (exact) mass is 230 g/mol. The molecule has 0 spiro atoms. The number of hydrogen-bond donors (Lipinski definition) is 1. The first-order valence-electron chi connectivity index (χ1n) is 5.77. The molecule has 3 rings (SSSR count). The number of rotatable bonds is 4. The van der Waals surface area contributed by atoms with Gasteiger partial charge in [-0.25, -0.2) is 0 Å². The SMILES string of the molecule is c1cc(CNCc2ccc3c(c2)CCO3)on1. The molecule has 17 heavy (non-hydrogen) atoms. The largest absolute Gasteiger partial charge is 0.493 e. The van der Waals surface area contributed by atoms with Crippen molar-refractivity contribution in [3.63, 3.8) is 0 Å². The zero-order valence-corrected chi connectivity index (χ0v) is 9.48. The molecule has 0 atom stereocenters. The smallest absolute Gasteiger partial charge is 0.150 e. The van der Waals surface area contributed by atoms with Crippen LogP contribution < -0.4 is 10.1 Å². The normalized spacial score (nSPS) is 13.4. The van der Waals surface area contributed by atoms with Gasteiger partial charge in [-0.1, -0.05) is 17.3 Å². The molecule has 0 radical (unpaired) electrons. The van der Waals surface area contributed by atoms with E-state index in [0.717, 1.165) is 31.1 Å². The topological polar surface area (TPSA) is 47.3 Å². The summed E-state index contributed by atoms with van der Waals surface area (Å²) < 4.78 is 10.5. The second-order valence-corrected chi connectivity index (χ2v) is 4.12. The van der Waals surface area contributed by atoms with E-state index in [-0.39, 0.29) is 0 Å². The molecule has 4 nitrogen and oxygen atoms in total. The summed E-state index contributed by atoms with van der Waals surface area (Å²) in [5.41, 5.74) is 2.58. The molecule has 0 bridgehead atoms. The van der Waals surface area contributed by atoms with Crippen molar-refractivity contribution in [2.24, 2.45) is 0 Å². The van der Waals surface area contributed by atoms with E-state index in [4.69, 9.17) is 9.26 Å². The van der Waals surface area contributed by atoms with Crippen LogP contribution in [0.4, 0.5) is 0 Å². The zero-order chi connectivity index (χ0) is 11.5. The van der Waals surface area contributed by atoms with Gasteiger partial charge in [0.1, 0.15) is 11.5 Å². The highest BCUT2D eigenvalue weighted by Gasteiger charge is 2.11. The summed E-state index contributed by atoms with van der Waals surface area (Å²) in [6.07, 6.45) is 2.68. The molecular formula is C13H14N2O2. The molecule has 2 heterocycles. The first-order chi connectivity index (χ1) is 8.42. The van der Waals surface area contributed by atoms with Gasteiger partial charge in [0.25, 0.3) is 0 Å². The van der Waals surface area contributed by atoms with E-state index >= 15 is 0 Å². The Kier molecular flexibility index (Phi) is 2.80. The number of ether oxygens (including phenoxy) is 1. The van der Waals surface area contributed by atoms with Gasteiger partial charge in [0, 0.05) is 19.0 Å². The third-order valence-electron chi connectivity index (χ3n) is 2.87. The second-order valence-electron chi connectivity index (χ2n) is 4.12. The van der Waals surface area contributed by atoms with Gasteiger partial charge in [-0.3, -0.25) is 0 Å². The lowest BCUT2D eigenvalue weighted by Gasteiger charge is -2.05. The fourth-order valence-electron chi connectivity index (χ4n) is 2.01. The molecule has 4 heteroatoms. The minimum atomic E-state index is 0.702. The summed E-state index contributed by atoms with van der Waals surface area (Å²) in [4.78, 5) is 0. The van der Waals surface area contributed by atoms with Crippen molar-refractivity contribution in [3.8, 4) is 5.75 Å². The first kappa shape index (κ1) is 10.4. The fraction of sp³-hybridized carbons (Fsp3) is 0.308. The van der Waals surface area contributed by atoms with Gasteiger partial charge in [-0.15, -0.1) is 0 Å². The molecular weight excluding hydrogens is 216 g/mol. The lowest BCUT2D eigenvalue weighted by Crippen LogP contribution is -2.12. The molecule has 1 aromatic heterocycles. The van der Waals surface area contributed by atoms with Gasteiger partial charge in [0.05, 0.1) is 19.3 Å². The van der Waals surface area contributed by atoms with Gasteiger partial charge < -0.3 is 14.6 Å². The van der Waals surface area contributed by atoms with E-state index in [1.807, 2.05) is 12.1 Å². The highest BCUT2D eigenvalue weighted by Crippen LogP contribution is 2.25. The highest BCUT2D eigenvalue weighted by atomic mass is 16.5. The van der Waals surface area contributed by atoms with Crippen LogP contribution in [0.1, 0.15) is 16.9 Å². The zero-order valence-electron chi connectivity index (χ0n) is 9.48. The number of hydrogen-bond acceptors (Lipinski definition) is 4. The molecule has 0 unspecified atom stereocenters. The highest BCUT2D eigenvalue weighted by molar-refractivity contribution is 5.39. The van der Waals surface area contributed by atoms with Crippen LogP contribution in [-0.2, 0) is 19.5 Å². The van der Waals surface area contributed by atoms with Crippen LogP contribution in [-0.4, -0.2) is 11.8 Å². The fourth-order valence-corrected chi connectivity index (χ4v) is 2.01. The second kappa shape index (κ2) is 4.59. The van der Waals surface area contributed by atoms with Crippen LogP contribution in [0.3, 0.4) is 0 Å². The van der Waals surface area contributed by atoms with Crippen molar-refractivity contribution < 1.29 is 9.26 Å². The predicted molar refractivity (Wildman–Crippen MR) is 62.7 cm³/mol. The Labute approximate surface area is 99.6 Å². The maximum absolute atomic E-state index is 5.47.